The molecule has 5 rings (SSSR count). The van der Waals surface area contributed by atoms with Crippen LogP contribution in [0.25, 0.3) is 17.1 Å². The summed E-state index contributed by atoms with van der Waals surface area (Å²) in [6.07, 6.45) is -1.70. The van der Waals surface area contributed by atoms with Crippen LogP contribution in [0.1, 0.15) is 48.4 Å². The monoisotopic (exact) mass is 607 g/mol. The van der Waals surface area contributed by atoms with Crippen LogP contribution in [0, 0.1) is 6.92 Å². The molecule has 0 N–H and O–H groups in total. The van der Waals surface area contributed by atoms with Crippen LogP contribution in [-0.4, -0.2) is 36.6 Å². The molecule has 0 saturated carbocycles. The summed E-state index contributed by atoms with van der Waals surface area (Å²) in [5.74, 6) is 1.04. The van der Waals surface area contributed by atoms with Crippen molar-refractivity contribution in [3.63, 3.8) is 0 Å². The van der Waals surface area contributed by atoms with Gasteiger partial charge in [0, 0.05) is 12.0 Å². The quantitative estimate of drug-likeness (QED) is 0.201. The third-order valence-electron chi connectivity index (χ3n) is 6.82. The van der Waals surface area contributed by atoms with Crippen molar-refractivity contribution < 1.29 is 18.0 Å². The number of thiocarbonyl (C=S) groups is 1. The van der Waals surface area contributed by atoms with E-state index in [2.05, 4.69) is 35.0 Å². The molecular weight excluding hydrogens is 580 g/mol. The van der Waals surface area contributed by atoms with E-state index in [1.807, 2.05) is 43.3 Å². The third kappa shape index (κ3) is 6.63. The summed E-state index contributed by atoms with van der Waals surface area (Å²) in [7, 11) is 0. The van der Waals surface area contributed by atoms with Crippen LogP contribution < -0.4 is 4.90 Å². The first-order chi connectivity index (χ1) is 20.0. The van der Waals surface area contributed by atoms with Crippen molar-refractivity contribution in [2.24, 2.45) is 4.99 Å². The van der Waals surface area contributed by atoms with Crippen molar-refractivity contribution in [1.82, 2.24) is 14.8 Å². The van der Waals surface area contributed by atoms with E-state index in [-0.39, 0.29) is 11.8 Å². The molecule has 0 bridgehead atoms. The summed E-state index contributed by atoms with van der Waals surface area (Å²) in [6, 6.07) is 18.6. The van der Waals surface area contributed by atoms with Crippen LogP contribution in [0.15, 0.2) is 78.0 Å². The van der Waals surface area contributed by atoms with Crippen LogP contribution in [0.3, 0.4) is 0 Å². The molecule has 2 heterocycles. The second kappa shape index (κ2) is 12.2. The number of aromatic nitrogens is 3. The molecule has 1 saturated heterocycles. The van der Waals surface area contributed by atoms with Gasteiger partial charge in [-0.1, -0.05) is 79.8 Å². The van der Waals surface area contributed by atoms with Crippen molar-refractivity contribution in [1.29, 1.82) is 0 Å². The molecule has 1 amide bonds. The van der Waals surface area contributed by atoms with Gasteiger partial charge in [-0.2, -0.15) is 13.2 Å². The minimum Gasteiger partial charge on any atom is -0.273 e. The van der Waals surface area contributed by atoms with Gasteiger partial charge in [-0.15, -0.1) is 5.10 Å². The fourth-order valence-corrected chi connectivity index (χ4v) is 5.71. The number of amidine groups is 1. The Morgan fingerprint density at radius 1 is 1.07 bits per heavy atom. The number of rotatable bonds is 7. The highest BCUT2D eigenvalue weighted by molar-refractivity contribution is 8.15. The summed E-state index contributed by atoms with van der Waals surface area (Å²) < 4.78 is 40.0. The van der Waals surface area contributed by atoms with Gasteiger partial charge < -0.3 is 0 Å². The van der Waals surface area contributed by atoms with E-state index >= 15 is 0 Å². The first kappa shape index (κ1) is 29.7. The topological polar surface area (TPSA) is 63.4 Å². The number of benzene rings is 3. The molecule has 0 unspecified atom stereocenters. The molecule has 1 aromatic heterocycles. The Bertz CT molecular complexity index is 1640. The molecule has 42 heavy (non-hydrogen) atoms. The highest BCUT2D eigenvalue weighted by Crippen LogP contribution is 2.34. The van der Waals surface area contributed by atoms with Gasteiger partial charge in [0.05, 0.1) is 22.7 Å². The van der Waals surface area contributed by atoms with Gasteiger partial charge >= 0.3 is 6.18 Å². The maximum absolute atomic E-state index is 12.8. The third-order valence-corrected chi connectivity index (χ3v) is 8.04. The van der Waals surface area contributed by atoms with Gasteiger partial charge in [0.25, 0.3) is 0 Å². The summed E-state index contributed by atoms with van der Waals surface area (Å²) in [5, 5.41) is 5.03. The molecule has 0 spiro atoms. The number of carbonyl (C=O) groups excluding carboxylic acids is 1. The summed E-state index contributed by atoms with van der Waals surface area (Å²) in [6.45, 7) is 6.26. The molecule has 0 atom stereocenters. The lowest BCUT2D eigenvalue weighted by molar-refractivity contribution is -0.137. The van der Waals surface area contributed by atoms with E-state index < -0.39 is 11.7 Å². The number of halogens is 3. The minimum absolute atomic E-state index is 0.00253. The fraction of sp³-hybridized carbons (Fsp3) is 0.258. The Morgan fingerprint density at radius 2 is 1.79 bits per heavy atom. The molecule has 216 valence electrons. The van der Waals surface area contributed by atoms with Gasteiger partial charge in [-0.25, -0.2) is 14.7 Å². The Morgan fingerprint density at radius 3 is 2.45 bits per heavy atom. The lowest BCUT2D eigenvalue weighted by atomic mass is 9.98. The Balaban J connectivity index is 1.23. The summed E-state index contributed by atoms with van der Waals surface area (Å²) in [4.78, 5) is 24.0. The van der Waals surface area contributed by atoms with Crippen LogP contribution in [0.5, 0.6) is 0 Å². The second-order valence-electron chi connectivity index (χ2n) is 10.3. The number of thioether (sulfide) groups is 1. The van der Waals surface area contributed by atoms with Crippen molar-refractivity contribution in [3.05, 3.63) is 95.3 Å². The number of aliphatic imine (C=N–C) groups is 1. The average Bonchev–Trinajstić information content (AvgIpc) is 3.59. The highest BCUT2D eigenvalue weighted by Gasteiger charge is 2.32. The molecule has 1 aliphatic heterocycles. The zero-order chi connectivity index (χ0) is 30.0. The second-order valence-corrected chi connectivity index (χ2v) is 11.7. The molecule has 3 aromatic carbocycles. The molecule has 0 aliphatic carbocycles. The van der Waals surface area contributed by atoms with Gasteiger partial charge in [-0.05, 0) is 60.7 Å². The number of hydrogen-bond donors (Lipinski definition) is 0. The first-order valence-electron chi connectivity index (χ1n) is 13.4. The van der Waals surface area contributed by atoms with E-state index in [0.29, 0.717) is 40.3 Å². The minimum atomic E-state index is -4.39. The molecular formula is C31H28F3N5OS2. The molecule has 11 heteroatoms. The molecule has 4 aromatic rings. The first-order valence-corrected chi connectivity index (χ1v) is 14.8. The summed E-state index contributed by atoms with van der Waals surface area (Å²) >= 11 is 7.00. The normalized spacial score (nSPS) is 14.8. The number of carbonyl (C=O) groups is 1. The zero-order valence-corrected chi connectivity index (χ0v) is 24.9. The zero-order valence-electron chi connectivity index (χ0n) is 23.2. The molecule has 1 aliphatic rings. The van der Waals surface area contributed by atoms with Gasteiger partial charge in [0.15, 0.2) is 11.0 Å². The predicted molar refractivity (Wildman–Crippen MR) is 165 cm³/mol. The maximum atomic E-state index is 12.8. The van der Waals surface area contributed by atoms with Crippen LogP contribution in [0.2, 0.25) is 0 Å². The lowest BCUT2D eigenvalue weighted by Gasteiger charge is -2.22. The highest BCUT2D eigenvalue weighted by atomic mass is 32.2. The molecule has 1 fully saturated rings. The van der Waals surface area contributed by atoms with E-state index in [0.717, 1.165) is 40.1 Å². The number of hydrogen-bond acceptors (Lipinski definition) is 5. The average molecular weight is 608 g/mol. The van der Waals surface area contributed by atoms with Crippen molar-refractivity contribution >= 4 is 45.7 Å². The van der Waals surface area contributed by atoms with Crippen molar-refractivity contribution in [3.8, 4) is 17.1 Å². The van der Waals surface area contributed by atoms with E-state index in [1.54, 1.807) is 4.90 Å². The Hall–Kier alpha value is -3.83. The number of amides is 1. The van der Waals surface area contributed by atoms with Gasteiger partial charge in [-0.3, -0.25) is 9.69 Å². The van der Waals surface area contributed by atoms with Crippen LogP contribution in [-0.2, 0) is 17.4 Å². The van der Waals surface area contributed by atoms with E-state index in [9.17, 15) is 18.0 Å². The fourth-order valence-electron chi connectivity index (χ4n) is 4.58. The number of nitrogens with zero attached hydrogens (tertiary/aromatic N) is 5. The van der Waals surface area contributed by atoms with Gasteiger partial charge in [0.2, 0.25) is 5.91 Å². The number of anilines is 1. The SMILES string of the molecule is Cc1ccc(N2C(=O)CSC2=NC(=S)CCc2ccc(-c3ncn(-c4ccc(C(F)(F)F)cc4)n3)cc2)c(C(C)C)c1. The maximum Gasteiger partial charge on any atom is 0.416 e. The standard InChI is InChI=1S/C31H28F3N5OS2/c1-19(2)25-16-20(3)4-14-26(25)39-28(40)17-42-30(39)36-27(41)15-7-21-5-8-22(9-6-21)29-35-18-38(37-29)24-12-10-23(11-13-24)31(32,33)34/h4-6,8-14,16,18-19H,7,15,17H2,1-3H3. The van der Waals surface area contributed by atoms with Crippen molar-refractivity contribution in [2.75, 3.05) is 10.7 Å². The van der Waals surface area contributed by atoms with Crippen molar-refractivity contribution in [2.45, 2.75) is 45.7 Å². The van der Waals surface area contributed by atoms with E-state index in [1.165, 1.54) is 34.9 Å². The predicted octanol–water partition coefficient (Wildman–Crippen LogP) is 7.78. The number of alkyl halides is 3. The largest absolute Gasteiger partial charge is 0.416 e. The Kier molecular flexibility index (Phi) is 8.60. The smallest absolute Gasteiger partial charge is 0.273 e. The lowest BCUT2D eigenvalue weighted by Crippen LogP contribution is -2.31. The van der Waals surface area contributed by atoms with E-state index in [4.69, 9.17) is 12.2 Å². The van der Waals surface area contributed by atoms with Crippen LogP contribution in [0.4, 0.5) is 18.9 Å². The molecule has 6 nitrogen and oxygen atoms in total. The Labute approximate surface area is 251 Å². The summed E-state index contributed by atoms with van der Waals surface area (Å²) in [5.41, 5.74) is 4.70. The molecule has 0 radical (unpaired) electrons. The van der Waals surface area contributed by atoms with Gasteiger partial charge in [0.1, 0.15) is 11.3 Å². The van der Waals surface area contributed by atoms with Crippen LogP contribution >= 0.6 is 24.0 Å². The number of aryl methyl sites for hydroxylation is 2.